The number of piperazine rings is 1. The van der Waals surface area contributed by atoms with Crippen LogP contribution in [0.25, 0.3) is 0 Å². The zero-order valence-electron chi connectivity index (χ0n) is 20.0. The van der Waals surface area contributed by atoms with E-state index in [4.69, 9.17) is 11.6 Å². The first kappa shape index (κ1) is 25.0. The Hall–Kier alpha value is -4.13. The Morgan fingerprint density at radius 1 is 1.14 bits per heavy atom. The maximum absolute atomic E-state index is 12.2. The minimum atomic E-state index is -0.326. The maximum atomic E-state index is 12.2. The molecule has 0 saturated carbocycles. The number of amides is 1. The number of hydrogen-bond acceptors (Lipinski definition) is 8. The van der Waals surface area contributed by atoms with Crippen LogP contribution in [0, 0.1) is 11.3 Å². The standard InChI is InChI=1S/C26H27ClN8O/c1-3-24(36)30-23-15-19(35-13-11-34(4-2)12-14-35)9-10-22(23)32-26-29-17-18(16-28)25(33-26)31-21-8-6-5-7-20(21)27/h3,5-10,15,17H,1,4,11-14H2,2H3,(H,30,36)(H2,29,31,32,33). The number of carbonyl (C=O) groups excluding carboxylic acids is 1. The second kappa shape index (κ2) is 11.5. The molecule has 2 aromatic carbocycles. The van der Waals surface area contributed by atoms with Gasteiger partial charge < -0.3 is 25.8 Å². The molecule has 0 atom stereocenters. The molecule has 3 aromatic rings. The highest BCUT2D eigenvalue weighted by Crippen LogP contribution is 2.31. The van der Waals surface area contributed by atoms with Crippen molar-refractivity contribution in [1.29, 1.82) is 5.26 Å². The minimum absolute atomic E-state index is 0.252. The third kappa shape index (κ3) is 5.92. The number of benzene rings is 2. The number of nitrogens with zero attached hydrogens (tertiary/aromatic N) is 5. The van der Waals surface area contributed by atoms with Gasteiger partial charge in [0.15, 0.2) is 5.82 Å². The van der Waals surface area contributed by atoms with Gasteiger partial charge in [-0.25, -0.2) is 4.98 Å². The predicted octanol–water partition coefficient (Wildman–Crippen LogP) is 4.76. The largest absolute Gasteiger partial charge is 0.369 e. The van der Waals surface area contributed by atoms with Crippen LogP contribution in [0.4, 0.5) is 34.5 Å². The summed E-state index contributed by atoms with van der Waals surface area (Å²) in [7, 11) is 0. The van der Waals surface area contributed by atoms with Crippen LogP contribution < -0.4 is 20.9 Å². The van der Waals surface area contributed by atoms with Crippen molar-refractivity contribution in [3.63, 3.8) is 0 Å². The summed E-state index contributed by atoms with van der Waals surface area (Å²) in [5, 5.41) is 19.1. The van der Waals surface area contributed by atoms with E-state index in [0.717, 1.165) is 38.4 Å². The topological polar surface area (TPSA) is 109 Å². The number of anilines is 6. The predicted molar refractivity (Wildman–Crippen MR) is 144 cm³/mol. The average Bonchev–Trinajstić information content (AvgIpc) is 2.91. The average molecular weight is 503 g/mol. The monoisotopic (exact) mass is 502 g/mol. The minimum Gasteiger partial charge on any atom is -0.369 e. The molecule has 0 radical (unpaired) electrons. The summed E-state index contributed by atoms with van der Waals surface area (Å²) in [6, 6.07) is 15.1. The van der Waals surface area contributed by atoms with Crippen molar-refractivity contribution < 1.29 is 4.79 Å². The molecule has 1 fully saturated rings. The molecule has 0 aliphatic carbocycles. The normalized spacial score (nSPS) is 13.5. The highest BCUT2D eigenvalue weighted by atomic mass is 35.5. The van der Waals surface area contributed by atoms with Crippen LogP contribution in [0.1, 0.15) is 12.5 Å². The van der Waals surface area contributed by atoms with Crippen molar-refractivity contribution in [2.45, 2.75) is 6.92 Å². The Labute approximate surface area is 215 Å². The lowest BCUT2D eigenvalue weighted by Crippen LogP contribution is -2.46. The van der Waals surface area contributed by atoms with E-state index in [0.29, 0.717) is 27.9 Å². The number of nitrogens with one attached hydrogen (secondary N) is 3. The Bertz CT molecular complexity index is 1300. The quantitative estimate of drug-likeness (QED) is 0.378. The molecular formula is C26H27ClN8O. The van der Waals surface area contributed by atoms with E-state index >= 15 is 0 Å². The molecular weight excluding hydrogens is 476 g/mol. The molecule has 1 aromatic heterocycles. The van der Waals surface area contributed by atoms with Crippen molar-refractivity contribution in [3.05, 3.63) is 71.9 Å². The van der Waals surface area contributed by atoms with Gasteiger partial charge in [-0.05, 0) is 43.0 Å². The van der Waals surface area contributed by atoms with Crippen LogP contribution in [0.15, 0.2) is 61.3 Å². The third-order valence-electron chi connectivity index (χ3n) is 5.91. The molecule has 1 saturated heterocycles. The molecule has 2 heterocycles. The van der Waals surface area contributed by atoms with Crippen molar-refractivity contribution in [3.8, 4) is 6.07 Å². The fourth-order valence-electron chi connectivity index (χ4n) is 3.88. The van der Waals surface area contributed by atoms with Gasteiger partial charge in [-0.15, -0.1) is 0 Å². The molecule has 3 N–H and O–H groups in total. The molecule has 36 heavy (non-hydrogen) atoms. The molecule has 1 amide bonds. The first-order chi connectivity index (χ1) is 17.5. The van der Waals surface area contributed by atoms with Crippen LogP contribution in [-0.4, -0.2) is 53.5 Å². The van der Waals surface area contributed by atoms with Gasteiger partial charge in [0.25, 0.3) is 0 Å². The summed E-state index contributed by atoms with van der Waals surface area (Å²) in [5.41, 5.74) is 3.07. The molecule has 1 aliphatic heterocycles. The van der Waals surface area contributed by atoms with E-state index < -0.39 is 0 Å². The van der Waals surface area contributed by atoms with Gasteiger partial charge in [0, 0.05) is 31.9 Å². The Morgan fingerprint density at radius 2 is 1.92 bits per heavy atom. The van der Waals surface area contributed by atoms with E-state index in [1.807, 2.05) is 30.3 Å². The number of likely N-dealkylation sites (N-methyl/N-ethyl adjacent to an activating group) is 1. The van der Waals surface area contributed by atoms with Gasteiger partial charge in [-0.3, -0.25) is 4.79 Å². The fourth-order valence-corrected chi connectivity index (χ4v) is 4.06. The van der Waals surface area contributed by atoms with Crippen LogP contribution in [0.2, 0.25) is 5.02 Å². The number of aromatic nitrogens is 2. The number of hydrogen-bond donors (Lipinski definition) is 3. The van der Waals surface area contributed by atoms with Crippen LogP contribution in [0.3, 0.4) is 0 Å². The third-order valence-corrected chi connectivity index (χ3v) is 6.24. The summed E-state index contributed by atoms with van der Waals surface area (Å²) in [6.07, 6.45) is 2.65. The number of para-hydroxylation sites is 1. The molecule has 10 heteroatoms. The Kier molecular flexibility index (Phi) is 8.00. The van der Waals surface area contributed by atoms with Gasteiger partial charge in [0.1, 0.15) is 11.6 Å². The maximum Gasteiger partial charge on any atom is 0.247 e. The van der Waals surface area contributed by atoms with Gasteiger partial charge >= 0.3 is 0 Å². The number of carbonyl (C=O) groups is 1. The van der Waals surface area contributed by atoms with Crippen molar-refractivity contribution in [2.75, 3.05) is 53.6 Å². The summed E-state index contributed by atoms with van der Waals surface area (Å²) in [4.78, 5) is 25.6. The second-order valence-corrected chi connectivity index (χ2v) is 8.55. The molecule has 0 bridgehead atoms. The van der Waals surface area contributed by atoms with E-state index in [2.05, 4.69) is 55.3 Å². The zero-order chi connectivity index (χ0) is 25.5. The number of nitriles is 1. The Morgan fingerprint density at radius 3 is 2.61 bits per heavy atom. The lowest BCUT2D eigenvalue weighted by Gasteiger charge is -2.35. The highest BCUT2D eigenvalue weighted by molar-refractivity contribution is 6.33. The second-order valence-electron chi connectivity index (χ2n) is 8.14. The first-order valence-corrected chi connectivity index (χ1v) is 12.0. The van der Waals surface area contributed by atoms with Crippen LogP contribution in [-0.2, 0) is 4.79 Å². The number of rotatable bonds is 8. The van der Waals surface area contributed by atoms with Gasteiger partial charge in [-0.1, -0.05) is 37.2 Å². The molecule has 0 spiro atoms. The smallest absolute Gasteiger partial charge is 0.247 e. The molecule has 0 unspecified atom stereocenters. The van der Waals surface area contributed by atoms with Crippen molar-refractivity contribution in [1.82, 2.24) is 14.9 Å². The Balaban J connectivity index is 1.61. The van der Waals surface area contributed by atoms with Crippen LogP contribution >= 0.6 is 11.6 Å². The van der Waals surface area contributed by atoms with Crippen molar-refractivity contribution >= 4 is 52.0 Å². The summed E-state index contributed by atoms with van der Waals surface area (Å²) in [5.74, 6) is 0.236. The van der Waals surface area contributed by atoms with Gasteiger partial charge in [-0.2, -0.15) is 10.2 Å². The van der Waals surface area contributed by atoms with Crippen molar-refractivity contribution in [2.24, 2.45) is 0 Å². The van der Waals surface area contributed by atoms with E-state index in [1.165, 1.54) is 12.3 Å². The molecule has 9 nitrogen and oxygen atoms in total. The lowest BCUT2D eigenvalue weighted by molar-refractivity contribution is -0.111. The first-order valence-electron chi connectivity index (χ1n) is 11.6. The van der Waals surface area contributed by atoms with E-state index in [9.17, 15) is 10.1 Å². The molecule has 1 aliphatic rings. The summed E-state index contributed by atoms with van der Waals surface area (Å²) < 4.78 is 0. The van der Waals surface area contributed by atoms with Gasteiger partial charge in [0.05, 0.1) is 28.3 Å². The highest BCUT2D eigenvalue weighted by Gasteiger charge is 2.18. The van der Waals surface area contributed by atoms with Gasteiger partial charge in [0.2, 0.25) is 11.9 Å². The lowest BCUT2D eigenvalue weighted by atomic mass is 10.2. The fraction of sp³-hybridized carbons (Fsp3) is 0.231. The van der Waals surface area contributed by atoms with E-state index in [1.54, 1.807) is 12.1 Å². The SMILES string of the molecule is C=CC(=O)Nc1cc(N2CCN(CC)CC2)ccc1Nc1ncc(C#N)c(Nc2ccccc2Cl)n1. The summed E-state index contributed by atoms with van der Waals surface area (Å²) in [6.45, 7) is 10.6. The molecule has 4 rings (SSSR count). The van der Waals surface area contributed by atoms with E-state index in [-0.39, 0.29) is 17.4 Å². The zero-order valence-corrected chi connectivity index (χ0v) is 20.7. The molecule has 184 valence electrons. The number of halogens is 1. The summed E-state index contributed by atoms with van der Waals surface area (Å²) >= 11 is 6.26. The van der Waals surface area contributed by atoms with Crippen LogP contribution in [0.5, 0.6) is 0 Å².